The van der Waals surface area contributed by atoms with Crippen molar-refractivity contribution < 1.29 is 0 Å². The third kappa shape index (κ3) is 10.7. The van der Waals surface area contributed by atoms with Crippen LogP contribution in [0.5, 0.6) is 0 Å². The highest BCUT2D eigenvalue weighted by Gasteiger charge is 2.18. The highest BCUT2D eigenvalue weighted by atomic mass is 32.2. The van der Waals surface area contributed by atoms with Gasteiger partial charge >= 0.3 is 0 Å². The zero-order chi connectivity index (χ0) is 12.3. The first-order valence-electron chi connectivity index (χ1n) is 6.42. The molecule has 16 heavy (non-hydrogen) atoms. The molecule has 94 valence electrons. The maximum absolute atomic E-state index is 8.59. The Labute approximate surface area is 111 Å². The SMILES string of the molecule is CCCCCCCCCCC(C)(S)SC#N. The Balaban J connectivity index is 3.24. The number of nitrogens with zero attached hydrogens (tertiary/aromatic N) is 1. The van der Waals surface area contributed by atoms with E-state index in [-0.39, 0.29) is 4.08 Å². The molecule has 1 nitrogen and oxygen atoms in total. The van der Waals surface area contributed by atoms with E-state index < -0.39 is 0 Å². The third-order valence-corrected chi connectivity index (χ3v) is 3.99. The van der Waals surface area contributed by atoms with Crippen LogP contribution in [0.4, 0.5) is 0 Å². The fourth-order valence-electron chi connectivity index (χ4n) is 1.74. The molecule has 0 bridgehead atoms. The van der Waals surface area contributed by atoms with Crippen LogP contribution in [-0.2, 0) is 0 Å². The normalized spacial score (nSPS) is 14.4. The van der Waals surface area contributed by atoms with E-state index in [4.69, 9.17) is 5.26 Å². The quantitative estimate of drug-likeness (QED) is 0.246. The van der Waals surface area contributed by atoms with E-state index in [1.54, 1.807) is 0 Å². The highest BCUT2D eigenvalue weighted by molar-refractivity contribution is 8.14. The van der Waals surface area contributed by atoms with Gasteiger partial charge in [0.25, 0.3) is 0 Å². The van der Waals surface area contributed by atoms with Crippen molar-refractivity contribution in [1.82, 2.24) is 0 Å². The predicted molar refractivity (Wildman–Crippen MR) is 77.8 cm³/mol. The number of rotatable bonds is 10. The molecule has 0 saturated heterocycles. The largest absolute Gasteiger partial charge is 0.185 e. The third-order valence-electron chi connectivity index (χ3n) is 2.76. The fraction of sp³-hybridized carbons (Fsp3) is 0.923. The standard InChI is InChI=1S/C13H25NS2/c1-3-4-5-6-7-8-9-10-11-13(2,15)16-12-14/h15H,3-11H2,1-2H3. The van der Waals surface area contributed by atoms with Crippen molar-refractivity contribution in [2.45, 2.75) is 75.7 Å². The van der Waals surface area contributed by atoms with Gasteiger partial charge in [0.05, 0.1) is 4.08 Å². The number of nitriles is 1. The van der Waals surface area contributed by atoms with Gasteiger partial charge in [0, 0.05) is 0 Å². The molecule has 0 fully saturated rings. The smallest absolute Gasteiger partial charge is 0.134 e. The maximum atomic E-state index is 8.59. The minimum atomic E-state index is -0.156. The molecule has 0 aliphatic rings. The molecule has 0 aromatic carbocycles. The van der Waals surface area contributed by atoms with E-state index in [1.807, 2.05) is 6.92 Å². The molecule has 0 spiro atoms. The zero-order valence-electron chi connectivity index (χ0n) is 10.7. The molecule has 0 aromatic rings. The first-order chi connectivity index (χ1) is 7.62. The van der Waals surface area contributed by atoms with Crippen LogP contribution in [0.25, 0.3) is 0 Å². The monoisotopic (exact) mass is 259 g/mol. The maximum Gasteiger partial charge on any atom is 0.134 e. The molecule has 0 aromatic heterocycles. The lowest BCUT2D eigenvalue weighted by atomic mass is 10.1. The fourth-order valence-corrected chi connectivity index (χ4v) is 2.46. The van der Waals surface area contributed by atoms with Crippen LogP contribution in [-0.4, -0.2) is 4.08 Å². The molecule has 0 saturated carbocycles. The lowest BCUT2D eigenvalue weighted by Gasteiger charge is -2.18. The molecule has 0 heterocycles. The van der Waals surface area contributed by atoms with Gasteiger partial charge in [0.1, 0.15) is 5.40 Å². The van der Waals surface area contributed by atoms with Crippen LogP contribution in [0, 0.1) is 10.7 Å². The van der Waals surface area contributed by atoms with E-state index in [0.29, 0.717) is 0 Å². The topological polar surface area (TPSA) is 23.8 Å². The van der Waals surface area contributed by atoms with Crippen molar-refractivity contribution in [3.8, 4) is 5.40 Å². The Morgan fingerprint density at radius 1 is 1.06 bits per heavy atom. The van der Waals surface area contributed by atoms with Gasteiger partial charge in [0.2, 0.25) is 0 Å². The molecule has 0 radical (unpaired) electrons. The second-order valence-electron chi connectivity index (χ2n) is 4.59. The van der Waals surface area contributed by atoms with Gasteiger partial charge < -0.3 is 0 Å². The first-order valence-corrected chi connectivity index (χ1v) is 7.68. The van der Waals surface area contributed by atoms with Gasteiger partial charge in [-0.3, -0.25) is 0 Å². The van der Waals surface area contributed by atoms with E-state index in [2.05, 4.69) is 25.0 Å². The van der Waals surface area contributed by atoms with Crippen molar-refractivity contribution >= 4 is 24.4 Å². The summed E-state index contributed by atoms with van der Waals surface area (Å²) in [5, 5.41) is 10.7. The lowest BCUT2D eigenvalue weighted by molar-refractivity contribution is 0.560. The average Bonchev–Trinajstić information content (AvgIpc) is 2.22. The molecule has 1 atom stereocenters. The van der Waals surface area contributed by atoms with Crippen LogP contribution in [0.2, 0.25) is 0 Å². The number of thiocyanates is 1. The molecule has 0 aliphatic heterocycles. The van der Waals surface area contributed by atoms with Gasteiger partial charge in [-0.2, -0.15) is 17.9 Å². The van der Waals surface area contributed by atoms with Crippen LogP contribution < -0.4 is 0 Å². The number of thiol groups is 1. The van der Waals surface area contributed by atoms with Crippen LogP contribution in [0.3, 0.4) is 0 Å². The number of hydrogen-bond donors (Lipinski definition) is 1. The molecule has 0 aliphatic carbocycles. The van der Waals surface area contributed by atoms with Crippen LogP contribution in [0.15, 0.2) is 0 Å². The molecule has 1 unspecified atom stereocenters. The first kappa shape index (κ1) is 16.2. The van der Waals surface area contributed by atoms with Crippen molar-refractivity contribution in [3.05, 3.63) is 0 Å². The van der Waals surface area contributed by atoms with Crippen LogP contribution in [0.1, 0.15) is 71.6 Å². The number of hydrogen-bond acceptors (Lipinski definition) is 3. The summed E-state index contributed by atoms with van der Waals surface area (Å²) in [6.07, 6.45) is 11.7. The molecule has 3 heteroatoms. The Kier molecular flexibility index (Phi) is 10.5. The Hall–Kier alpha value is 0.190. The van der Waals surface area contributed by atoms with Crippen molar-refractivity contribution in [2.24, 2.45) is 0 Å². The summed E-state index contributed by atoms with van der Waals surface area (Å²) < 4.78 is -0.156. The average molecular weight is 259 g/mol. The van der Waals surface area contributed by atoms with Crippen molar-refractivity contribution in [3.63, 3.8) is 0 Å². The summed E-state index contributed by atoms with van der Waals surface area (Å²) in [7, 11) is 0. The zero-order valence-corrected chi connectivity index (χ0v) is 12.4. The second-order valence-corrected chi connectivity index (χ2v) is 7.17. The molecule has 0 N–H and O–H groups in total. The van der Waals surface area contributed by atoms with E-state index >= 15 is 0 Å². The van der Waals surface area contributed by atoms with Gasteiger partial charge in [-0.05, 0) is 25.1 Å². The molecular weight excluding hydrogens is 234 g/mol. The Morgan fingerprint density at radius 2 is 1.56 bits per heavy atom. The van der Waals surface area contributed by atoms with Gasteiger partial charge in [-0.15, -0.1) is 0 Å². The van der Waals surface area contributed by atoms with E-state index in [9.17, 15) is 0 Å². The van der Waals surface area contributed by atoms with Gasteiger partial charge in [-0.1, -0.05) is 58.3 Å². The summed E-state index contributed by atoms with van der Waals surface area (Å²) in [6, 6.07) is 0. The van der Waals surface area contributed by atoms with E-state index in [0.717, 1.165) is 6.42 Å². The summed E-state index contributed by atoms with van der Waals surface area (Å²) in [5.74, 6) is 0. The van der Waals surface area contributed by atoms with E-state index in [1.165, 1.54) is 63.1 Å². The summed E-state index contributed by atoms with van der Waals surface area (Å²) in [4.78, 5) is 0. The van der Waals surface area contributed by atoms with Crippen molar-refractivity contribution in [2.75, 3.05) is 0 Å². The lowest BCUT2D eigenvalue weighted by Crippen LogP contribution is -2.09. The number of thioether (sulfide) groups is 1. The highest BCUT2D eigenvalue weighted by Crippen LogP contribution is 2.33. The molecular formula is C13H25NS2. The van der Waals surface area contributed by atoms with Crippen molar-refractivity contribution in [1.29, 1.82) is 5.26 Å². The minimum absolute atomic E-state index is 0.156. The van der Waals surface area contributed by atoms with Gasteiger partial charge in [0.15, 0.2) is 0 Å². The van der Waals surface area contributed by atoms with Crippen LogP contribution >= 0.6 is 24.4 Å². The predicted octanol–water partition coefficient (Wildman–Crippen LogP) is 5.38. The summed E-state index contributed by atoms with van der Waals surface area (Å²) in [5.41, 5.74) is 0. The number of unbranched alkanes of at least 4 members (excludes halogenated alkanes) is 7. The summed E-state index contributed by atoms with van der Waals surface area (Å²) in [6.45, 7) is 4.28. The minimum Gasteiger partial charge on any atom is -0.185 e. The second kappa shape index (κ2) is 10.4. The molecule has 0 amide bonds. The Bertz CT molecular complexity index is 197. The molecule has 0 rings (SSSR count). The Morgan fingerprint density at radius 3 is 2.06 bits per heavy atom. The summed E-state index contributed by atoms with van der Waals surface area (Å²) >= 11 is 5.76. The van der Waals surface area contributed by atoms with Gasteiger partial charge in [-0.25, -0.2) is 0 Å².